The minimum atomic E-state index is -0.888. The van der Waals surface area contributed by atoms with Gasteiger partial charge in [0.05, 0.1) is 12.7 Å². The summed E-state index contributed by atoms with van der Waals surface area (Å²) in [6, 6.07) is 4.02. The van der Waals surface area contributed by atoms with Crippen molar-refractivity contribution in [1.29, 1.82) is 0 Å². The largest absolute Gasteiger partial charge is 0.494 e. The fraction of sp³-hybridized carbons (Fsp3) is 0.500. The van der Waals surface area contributed by atoms with E-state index in [1.165, 1.54) is 19.2 Å². The van der Waals surface area contributed by atoms with Crippen LogP contribution in [0.2, 0.25) is 0 Å². The van der Waals surface area contributed by atoms with Crippen molar-refractivity contribution >= 4 is 5.91 Å². The summed E-state index contributed by atoms with van der Waals surface area (Å²) in [4.78, 5) is 11.9. The van der Waals surface area contributed by atoms with Gasteiger partial charge in [0.25, 0.3) is 5.91 Å². The Balaban J connectivity index is 1.98. The Kier molecular flexibility index (Phi) is 3.75. The Morgan fingerprint density at radius 1 is 1.58 bits per heavy atom. The molecule has 0 aliphatic heterocycles. The predicted molar refractivity (Wildman–Crippen MR) is 68.6 cm³/mol. The second kappa shape index (κ2) is 5.17. The van der Waals surface area contributed by atoms with E-state index in [2.05, 4.69) is 5.32 Å². The minimum absolute atomic E-state index is 0.0986. The highest BCUT2D eigenvalue weighted by molar-refractivity contribution is 5.94. The number of amides is 1. The SMILES string of the molecule is COc1ccc(C(=O)NC[C@@](C)(O)C2CC2)cc1F. The number of carbonyl (C=O) groups is 1. The number of nitrogens with one attached hydrogen (secondary N) is 1. The number of carbonyl (C=O) groups excluding carboxylic acids is 1. The summed E-state index contributed by atoms with van der Waals surface area (Å²) in [7, 11) is 1.37. The van der Waals surface area contributed by atoms with Gasteiger partial charge in [0.15, 0.2) is 11.6 Å². The lowest BCUT2D eigenvalue weighted by Gasteiger charge is -2.23. The van der Waals surface area contributed by atoms with Crippen LogP contribution in [0.5, 0.6) is 5.75 Å². The van der Waals surface area contributed by atoms with Crippen LogP contribution in [-0.4, -0.2) is 30.3 Å². The molecule has 104 valence electrons. The Labute approximate surface area is 111 Å². The van der Waals surface area contributed by atoms with Crippen LogP contribution in [0.4, 0.5) is 4.39 Å². The summed E-state index contributed by atoms with van der Waals surface area (Å²) < 4.78 is 18.3. The Hall–Kier alpha value is -1.62. The molecule has 1 fully saturated rings. The smallest absolute Gasteiger partial charge is 0.251 e. The number of methoxy groups -OCH3 is 1. The van der Waals surface area contributed by atoms with E-state index in [9.17, 15) is 14.3 Å². The molecule has 0 unspecified atom stereocenters. The van der Waals surface area contributed by atoms with Gasteiger partial charge in [0.1, 0.15) is 0 Å². The third-order valence-electron chi connectivity index (χ3n) is 3.48. The highest BCUT2D eigenvalue weighted by Crippen LogP contribution is 2.39. The summed E-state index contributed by atoms with van der Waals surface area (Å²) in [6.45, 7) is 1.88. The van der Waals surface area contributed by atoms with Crippen molar-refractivity contribution in [3.8, 4) is 5.75 Å². The van der Waals surface area contributed by atoms with Crippen LogP contribution in [-0.2, 0) is 0 Å². The molecule has 5 heteroatoms. The number of hydrogen-bond acceptors (Lipinski definition) is 3. The van der Waals surface area contributed by atoms with E-state index >= 15 is 0 Å². The highest BCUT2D eigenvalue weighted by Gasteiger charge is 2.39. The normalized spacial score (nSPS) is 17.7. The Morgan fingerprint density at radius 3 is 2.79 bits per heavy atom. The second-order valence-electron chi connectivity index (χ2n) is 5.16. The molecule has 1 amide bonds. The van der Waals surface area contributed by atoms with Gasteiger partial charge in [0.2, 0.25) is 0 Å². The van der Waals surface area contributed by atoms with E-state index in [4.69, 9.17) is 4.74 Å². The van der Waals surface area contributed by atoms with E-state index in [-0.39, 0.29) is 23.8 Å². The molecule has 2 N–H and O–H groups in total. The Bertz CT molecular complexity index is 484. The summed E-state index contributed by atoms with van der Waals surface area (Å²) in [5.74, 6) is -0.631. The van der Waals surface area contributed by atoms with Crippen LogP contribution in [0.3, 0.4) is 0 Å². The van der Waals surface area contributed by atoms with Gasteiger partial charge in [-0.2, -0.15) is 0 Å². The van der Waals surface area contributed by atoms with Gasteiger partial charge in [-0.05, 0) is 43.9 Å². The summed E-state index contributed by atoms with van der Waals surface area (Å²) >= 11 is 0. The third-order valence-corrected chi connectivity index (χ3v) is 3.48. The first kappa shape index (κ1) is 13.8. The lowest BCUT2D eigenvalue weighted by atomic mass is 10.0. The number of rotatable bonds is 5. The fourth-order valence-electron chi connectivity index (χ4n) is 2.02. The molecule has 0 heterocycles. The molecule has 1 aliphatic carbocycles. The van der Waals surface area contributed by atoms with Gasteiger partial charge in [-0.3, -0.25) is 4.79 Å². The maximum absolute atomic E-state index is 13.5. The van der Waals surface area contributed by atoms with Crippen molar-refractivity contribution in [3.63, 3.8) is 0 Å². The molecule has 0 spiro atoms. The molecule has 1 atom stereocenters. The van der Waals surface area contributed by atoms with Gasteiger partial charge in [-0.1, -0.05) is 0 Å². The molecule has 0 saturated heterocycles. The molecular formula is C14H18FNO3. The van der Waals surface area contributed by atoms with Crippen LogP contribution in [0.25, 0.3) is 0 Å². The topological polar surface area (TPSA) is 58.6 Å². The predicted octanol–water partition coefficient (Wildman–Crippen LogP) is 1.73. The van der Waals surface area contributed by atoms with Crippen molar-refractivity contribution in [3.05, 3.63) is 29.6 Å². The van der Waals surface area contributed by atoms with Crippen molar-refractivity contribution in [1.82, 2.24) is 5.32 Å². The van der Waals surface area contributed by atoms with Gasteiger partial charge < -0.3 is 15.2 Å². The zero-order chi connectivity index (χ0) is 14.0. The van der Waals surface area contributed by atoms with Crippen LogP contribution < -0.4 is 10.1 Å². The zero-order valence-corrected chi connectivity index (χ0v) is 11.1. The van der Waals surface area contributed by atoms with Gasteiger partial charge in [0, 0.05) is 12.1 Å². The van der Waals surface area contributed by atoms with Crippen LogP contribution in [0.1, 0.15) is 30.1 Å². The average molecular weight is 267 g/mol. The van der Waals surface area contributed by atoms with Gasteiger partial charge >= 0.3 is 0 Å². The molecule has 19 heavy (non-hydrogen) atoms. The monoisotopic (exact) mass is 267 g/mol. The number of ether oxygens (including phenoxy) is 1. The molecular weight excluding hydrogens is 249 g/mol. The van der Waals surface area contributed by atoms with Gasteiger partial charge in [-0.15, -0.1) is 0 Å². The maximum atomic E-state index is 13.5. The molecule has 0 aromatic heterocycles. The molecule has 4 nitrogen and oxygen atoms in total. The number of halogens is 1. The summed E-state index contributed by atoms with van der Waals surface area (Å²) in [5, 5.41) is 12.7. The number of hydrogen-bond donors (Lipinski definition) is 2. The van der Waals surface area contributed by atoms with Crippen molar-refractivity contribution in [2.24, 2.45) is 5.92 Å². The first-order chi connectivity index (χ1) is 8.94. The lowest BCUT2D eigenvalue weighted by Crippen LogP contribution is -2.42. The Morgan fingerprint density at radius 2 is 2.26 bits per heavy atom. The van der Waals surface area contributed by atoms with Crippen molar-refractivity contribution in [2.75, 3.05) is 13.7 Å². The second-order valence-corrected chi connectivity index (χ2v) is 5.16. The van der Waals surface area contributed by atoms with Crippen molar-refractivity contribution in [2.45, 2.75) is 25.4 Å². The molecule has 1 aromatic carbocycles. The average Bonchev–Trinajstić information content (AvgIpc) is 3.20. The molecule has 1 aliphatic rings. The van der Waals surface area contributed by atoms with E-state index in [1.807, 2.05) is 0 Å². The van der Waals surface area contributed by atoms with E-state index in [0.717, 1.165) is 18.9 Å². The molecule has 1 aromatic rings. The van der Waals surface area contributed by atoms with Crippen LogP contribution >= 0.6 is 0 Å². The number of aliphatic hydroxyl groups is 1. The highest BCUT2D eigenvalue weighted by atomic mass is 19.1. The summed E-state index contributed by atoms with van der Waals surface area (Å²) in [6.07, 6.45) is 1.97. The zero-order valence-electron chi connectivity index (χ0n) is 11.1. The quantitative estimate of drug-likeness (QED) is 0.854. The molecule has 2 rings (SSSR count). The minimum Gasteiger partial charge on any atom is -0.494 e. The van der Waals surface area contributed by atoms with Crippen LogP contribution in [0.15, 0.2) is 18.2 Å². The van der Waals surface area contributed by atoms with Crippen molar-refractivity contribution < 1.29 is 19.0 Å². The molecule has 0 radical (unpaired) electrons. The summed E-state index contributed by atoms with van der Waals surface area (Å²) in [5.41, 5.74) is -0.675. The standard InChI is InChI=1S/C14H18FNO3/c1-14(18,10-4-5-10)8-16-13(17)9-3-6-12(19-2)11(15)7-9/h3,6-7,10,18H,4-5,8H2,1-2H3,(H,16,17)/t14-/m1/s1. The van der Waals surface area contributed by atoms with E-state index < -0.39 is 17.3 Å². The van der Waals surface area contributed by atoms with E-state index in [0.29, 0.717) is 0 Å². The fourth-order valence-corrected chi connectivity index (χ4v) is 2.02. The number of benzene rings is 1. The lowest BCUT2D eigenvalue weighted by molar-refractivity contribution is 0.0354. The first-order valence-electron chi connectivity index (χ1n) is 6.28. The van der Waals surface area contributed by atoms with Gasteiger partial charge in [-0.25, -0.2) is 4.39 Å². The maximum Gasteiger partial charge on any atom is 0.251 e. The van der Waals surface area contributed by atoms with Crippen LogP contribution in [0, 0.1) is 11.7 Å². The molecule has 1 saturated carbocycles. The third kappa shape index (κ3) is 3.23. The first-order valence-corrected chi connectivity index (χ1v) is 6.28. The molecule has 0 bridgehead atoms. The van der Waals surface area contributed by atoms with E-state index in [1.54, 1.807) is 6.92 Å².